The normalized spacial score (nSPS) is 26.7. The number of rotatable bonds is 2. The van der Waals surface area contributed by atoms with E-state index in [1.165, 1.54) is 0 Å². The predicted octanol–water partition coefficient (Wildman–Crippen LogP) is 1.69. The molecule has 1 aliphatic heterocycles. The van der Waals surface area contributed by atoms with Crippen LogP contribution >= 0.6 is 12.4 Å². The van der Waals surface area contributed by atoms with Gasteiger partial charge in [0, 0.05) is 50.0 Å². The molecule has 0 aromatic carbocycles. The third-order valence-electron chi connectivity index (χ3n) is 4.68. The molecular formula is C15H21ClF3N5O. The zero-order valence-corrected chi connectivity index (χ0v) is 14.6. The summed E-state index contributed by atoms with van der Waals surface area (Å²) in [6, 6.07) is 0.0741. The van der Waals surface area contributed by atoms with Crippen LogP contribution < -0.4 is 10.6 Å². The summed E-state index contributed by atoms with van der Waals surface area (Å²) in [5.74, 6) is 0.390. The number of nitrogens with two attached hydrogens (primary N) is 1. The predicted molar refractivity (Wildman–Crippen MR) is 88.4 cm³/mol. The van der Waals surface area contributed by atoms with Gasteiger partial charge in [-0.2, -0.15) is 13.2 Å². The van der Waals surface area contributed by atoms with Crippen LogP contribution in [0.4, 0.5) is 19.1 Å². The maximum atomic E-state index is 12.6. The minimum Gasteiger partial charge on any atom is -0.337 e. The number of hydrogen-bond donors (Lipinski definition) is 1. The number of nitrogens with zero attached hydrogens (tertiary/aromatic N) is 4. The van der Waals surface area contributed by atoms with Crippen LogP contribution in [0.2, 0.25) is 0 Å². The zero-order chi connectivity index (χ0) is 17.5. The van der Waals surface area contributed by atoms with E-state index in [0.717, 1.165) is 25.2 Å². The monoisotopic (exact) mass is 379 g/mol. The first-order valence-electron chi connectivity index (χ1n) is 7.96. The van der Waals surface area contributed by atoms with Crippen LogP contribution in [0.3, 0.4) is 0 Å². The number of piperazine rings is 1. The maximum Gasteiger partial charge on any atom is 0.419 e. The van der Waals surface area contributed by atoms with Crippen molar-refractivity contribution >= 4 is 24.3 Å². The lowest BCUT2D eigenvalue weighted by molar-refractivity contribution is -0.141. The highest BCUT2D eigenvalue weighted by atomic mass is 35.5. The van der Waals surface area contributed by atoms with Crippen LogP contribution in [0.5, 0.6) is 0 Å². The van der Waals surface area contributed by atoms with E-state index in [4.69, 9.17) is 5.73 Å². The summed E-state index contributed by atoms with van der Waals surface area (Å²) in [4.78, 5) is 23.7. The summed E-state index contributed by atoms with van der Waals surface area (Å²) in [5, 5.41) is 0. The van der Waals surface area contributed by atoms with Crippen molar-refractivity contribution in [2.75, 3.05) is 24.5 Å². The van der Waals surface area contributed by atoms with E-state index < -0.39 is 11.7 Å². The van der Waals surface area contributed by atoms with E-state index in [2.05, 4.69) is 9.97 Å². The van der Waals surface area contributed by atoms with Crippen molar-refractivity contribution < 1.29 is 18.0 Å². The van der Waals surface area contributed by atoms with Crippen molar-refractivity contribution in [3.8, 4) is 0 Å². The van der Waals surface area contributed by atoms with Gasteiger partial charge in [-0.05, 0) is 19.8 Å². The smallest absolute Gasteiger partial charge is 0.337 e. The zero-order valence-electron chi connectivity index (χ0n) is 13.7. The second-order valence-corrected chi connectivity index (χ2v) is 6.52. The highest BCUT2D eigenvalue weighted by Gasteiger charge is 2.38. The van der Waals surface area contributed by atoms with Crippen LogP contribution in [0, 0.1) is 5.92 Å². The van der Waals surface area contributed by atoms with E-state index in [1.54, 1.807) is 4.90 Å². The van der Waals surface area contributed by atoms with Crippen LogP contribution in [-0.4, -0.2) is 52.5 Å². The van der Waals surface area contributed by atoms with Gasteiger partial charge >= 0.3 is 6.18 Å². The summed E-state index contributed by atoms with van der Waals surface area (Å²) >= 11 is 0. The fourth-order valence-electron chi connectivity index (χ4n) is 3.20. The van der Waals surface area contributed by atoms with E-state index in [-0.39, 0.29) is 42.3 Å². The number of halogens is 4. The molecule has 2 fully saturated rings. The minimum absolute atomic E-state index is 0. The van der Waals surface area contributed by atoms with Crippen LogP contribution in [0.15, 0.2) is 12.4 Å². The molecule has 1 aromatic rings. The molecular weight excluding hydrogens is 359 g/mol. The van der Waals surface area contributed by atoms with E-state index in [0.29, 0.717) is 19.6 Å². The molecule has 3 rings (SSSR count). The van der Waals surface area contributed by atoms with Gasteiger partial charge in [0.2, 0.25) is 11.9 Å². The lowest BCUT2D eigenvalue weighted by Gasteiger charge is -2.43. The summed E-state index contributed by atoms with van der Waals surface area (Å²) in [6.45, 7) is 3.43. The molecule has 2 heterocycles. The van der Waals surface area contributed by atoms with Gasteiger partial charge in [-0.1, -0.05) is 0 Å². The van der Waals surface area contributed by atoms with Crippen molar-refractivity contribution in [1.29, 1.82) is 0 Å². The Hall–Kier alpha value is -1.61. The largest absolute Gasteiger partial charge is 0.419 e. The van der Waals surface area contributed by atoms with Crippen molar-refractivity contribution in [2.24, 2.45) is 11.7 Å². The van der Waals surface area contributed by atoms with Gasteiger partial charge in [0.1, 0.15) is 0 Å². The fraction of sp³-hybridized carbons (Fsp3) is 0.667. The lowest BCUT2D eigenvalue weighted by Crippen LogP contribution is -2.57. The summed E-state index contributed by atoms with van der Waals surface area (Å²) in [6.07, 6.45) is -1.40. The topological polar surface area (TPSA) is 75.4 Å². The molecule has 1 atom stereocenters. The Morgan fingerprint density at radius 2 is 1.84 bits per heavy atom. The van der Waals surface area contributed by atoms with Crippen LogP contribution in [0.1, 0.15) is 25.3 Å². The lowest BCUT2D eigenvalue weighted by atomic mass is 9.79. The summed E-state index contributed by atoms with van der Waals surface area (Å²) in [7, 11) is 0. The van der Waals surface area contributed by atoms with Crippen molar-refractivity contribution in [1.82, 2.24) is 14.9 Å². The van der Waals surface area contributed by atoms with Gasteiger partial charge in [-0.15, -0.1) is 12.4 Å². The quantitative estimate of drug-likeness (QED) is 0.846. The Balaban J connectivity index is 0.00000225. The first-order valence-corrected chi connectivity index (χ1v) is 7.96. The number of amides is 1. The average molecular weight is 380 g/mol. The van der Waals surface area contributed by atoms with Gasteiger partial charge < -0.3 is 15.5 Å². The van der Waals surface area contributed by atoms with E-state index in [1.807, 2.05) is 11.8 Å². The van der Waals surface area contributed by atoms with Gasteiger partial charge in [0.15, 0.2) is 0 Å². The molecule has 0 radical (unpaired) electrons. The fourth-order valence-corrected chi connectivity index (χ4v) is 3.20. The second-order valence-electron chi connectivity index (χ2n) is 6.52. The highest BCUT2D eigenvalue weighted by molar-refractivity contribution is 5.85. The third kappa shape index (κ3) is 4.14. The second kappa shape index (κ2) is 7.33. The first-order chi connectivity index (χ1) is 11.3. The number of hydrogen-bond acceptors (Lipinski definition) is 5. The van der Waals surface area contributed by atoms with Crippen LogP contribution in [-0.2, 0) is 11.0 Å². The van der Waals surface area contributed by atoms with E-state index >= 15 is 0 Å². The van der Waals surface area contributed by atoms with Crippen LogP contribution in [0.25, 0.3) is 0 Å². The standard InChI is InChI=1S/C15H20F3N5O.ClH/c1-9-8-22(14-20-6-11(7-21-14)15(16,17)18)2-3-23(9)13(24)10-4-12(19)5-10;/h6-7,9-10,12H,2-5,8,19H2,1H3;1H/t9-,10?,12?;/m1./s1. The Morgan fingerprint density at radius 3 is 2.32 bits per heavy atom. The van der Waals surface area contributed by atoms with E-state index in [9.17, 15) is 18.0 Å². The minimum atomic E-state index is -4.44. The number of anilines is 1. The van der Waals surface area contributed by atoms with Gasteiger partial charge in [-0.25, -0.2) is 9.97 Å². The molecule has 140 valence electrons. The SMILES string of the molecule is C[C@@H]1CN(c2ncc(C(F)(F)F)cn2)CCN1C(=O)C1CC(N)C1.Cl. The van der Waals surface area contributed by atoms with Gasteiger partial charge in [-0.3, -0.25) is 4.79 Å². The number of carbonyl (C=O) groups is 1. The summed E-state index contributed by atoms with van der Waals surface area (Å²) in [5.41, 5.74) is 4.87. The molecule has 6 nitrogen and oxygen atoms in total. The molecule has 1 amide bonds. The molecule has 25 heavy (non-hydrogen) atoms. The van der Waals surface area contributed by atoms with Crippen molar-refractivity contribution in [3.05, 3.63) is 18.0 Å². The Morgan fingerprint density at radius 1 is 1.24 bits per heavy atom. The number of alkyl halides is 3. The molecule has 0 bridgehead atoms. The molecule has 1 aliphatic carbocycles. The Kier molecular flexibility index (Phi) is 5.78. The van der Waals surface area contributed by atoms with Crippen molar-refractivity contribution in [2.45, 2.75) is 38.0 Å². The first kappa shape index (κ1) is 19.7. The molecule has 1 aromatic heterocycles. The molecule has 1 saturated heterocycles. The number of aromatic nitrogens is 2. The molecule has 0 unspecified atom stereocenters. The molecule has 2 aliphatic rings. The Bertz CT molecular complexity index is 606. The molecule has 1 saturated carbocycles. The maximum absolute atomic E-state index is 12.6. The molecule has 10 heteroatoms. The average Bonchev–Trinajstić information content (AvgIpc) is 2.50. The molecule has 0 spiro atoms. The highest BCUT2D eigenvalue weighted by Crippen LogP contribution is 2.30. The number of carbonyl (C=O) groups excluding carboxylic acids is 1. The van der Waals surface area contributed by atoms with Gasteiger partial charge in [0.25, 0.3) is 0 Å². The third-order valence-corrected chi connectivity index (χ3v) is 4.68. The van der Waals surface area contributed by atoms with Crippen molar-refractivity contribution in [3.63, 3.8) is 0 Å². The summed E-state index contributed by atoms with van der Waals surface area (Å²) < 4.78 is 37.7. The van der Waals surface area contributed by atoms with Gasteiger partial charge in [0.05, 0.1) is 5.56 Å². The Labute approximate surface area is 150 Å². The molecule has 2 N–H and O–H groups in total.